The Morgan fingerprint density at radius 1 is 1.45 bits per heavy atom. The van der Waals surface area contributed by atoms with E-state index in [9.17, 15) is 4.39 Å². The summed E-state index contributed by atoms with van der Waals surface area (Å²) in [6.45, 7) is 8.36. The molecule has 0 aliphatic heterocycles. The molecule has 0 radical (unpaired) electrons. The van der Waals surface area contributed by atoms with Crippen LogP contribution in [0.4, 0.5) is 10.2 Å². The third kappa shape index (κ3) is 2.59. The van der Waals surface area contributed by atoms with Crippen molar-refractivity contribution in [1.29, 1.82) is 0 Å². The molecular weight excluding hydrogens is 253 g/mol. The summed E-state index contributed by atoms with van der Waals surface area (Å²) in [6.07, 6.45) is 3.66. The van der Waals surface area contributed by atoms with Crippen LogP contribution in [0.2, 0.25) is 0 Å². The maximum Gasteiger partial charge on any atom is 0.132 e. The average molecular weight is 273 g/mol. The van der Waals surface area contributed by atoms with Gasteiger partial charge in [0.15, 0.2) is 0 Å². The van der Waals surface area contributed by atoms with Crippen LogP contribution in [0.15, 0.2) is 30.9 Å². The first-order chi connectivity index (χ1) is 9.58. The van der Waals surface area contributed by atoms with Gasteiger partial charge in [0.05, 0.1) is 0 Å². The molecule has 1 aromatic carbocycles. The molecule has 0 spiro atoms. The van der Waals surface area contributed by atoms with E-state index >= 15 is 0 Å². The molecule has 0 amide bonds. The van der Waals surface area contributed by atoms with Gasteiger partial charge < -0.3 is 10.3 Å². The number of imidazole rings is 1. The van der Waals surface area contributed by atoms with Gasteiger partial charge in [0.2, 0.25) is 0 Å². The van der Waals surface area contributed by atoms with E-state index < -0.39 is 0 Å². The van der Waals surface area contributed by atoms with E-state index in [1.165, 1.54) is 12.1 Å². The van der Waals surface area contributed by atoms with Gasteiger partial charge in [-0.25, -0.2) is 9.37 Å². The molecule has 20 heavy (non-hydrogen) atoms. The van der Waals surface area contributed by atoms with Crippen molar-refractivity contribution >= 4 is 5.82 Å². The van der Waals surface area contributed by atoms with Crippen LogP contribution in [-0.4, -0.2) is 9.55 Å². The number of benzene rings is 1. The summed E-state index contributed by atoms with van der Waals surface area (Å²) in [6, 6.07) is 4.67. The predicted octanol–water partition coefficient (Wildman–Crippen LogP) is 3.72. The van der Waals surface area contributed by atoms with E-state index in [1.54, 1.807) is 12.1 Å². The zero-order chi connectivity index (χ0) is 14.7. The fraction of sp³-hybridized carbons (Fsp3) is 0.312. The molecule has 0 unspecified atom stereocenters. The molecule has 3 nitrogen and oxygen atoms in total. The van der Waals surface area contributed by atoms with Crippen LogP contribution in [-0.2, 0) is 13.0 Å². The number of allylic oxidation sites excluding steroid dienone is 1. The van der Waals surface area contributed by atoms with Gasteiger partial charge >= 0.3 is 0 Å². The Bertz CT molecular complexity index is 629. The summed E-state index contributed by atoms with van der Waals surface area (Å²) >= 11 is 0. The maximum absolute atomic E-state index is 13.2. The van der Waals surface area contributed by atoms with Crippen molar-refractivity contribution in [3.05, 3.63) is 48.1 Å². The SMILES string of the molecule is C=CCn1c(CCC)nc(-c2ccc(F)cc2C)c1N. The Morgan fingerprint density at radius 3 is 2.80 bits per heavy atom. The van der Waals surface area contributed by atoms with Crippen LogP contribution in [0.1, 0.15) is 24.7 Å². The largest absolute Gasteiger partial charge is 0.383 e. The lowest BCUT2D eigenvalue weighted by molar-refractivity contribution is 0.627. The zero-order valence-corrected chi connectivity index (χ0v) is 12.0. The smallest absolute Gasteiger partial charge is 0.132 e. The zero-order valence-electron chi connectivity index (χ0n) is 12.0. The summed E-state index contributed by atoms with van der Waals surface area (Å²) < 4.78 is 15.2. The van der Waals surface area contributed by atoms with Crippen molar-refractivity contribution in [1.82, 2.24) is 9.55 Å². The van der Waals surface area contributed by atoms with Crippen molar-refractivity contribution in [2.45, 2.75) is 33.2 Å². The Labute approximate surface area is 118 Å². The van der Waals surface area contributed by atoms with E-state index in [0.717, 1.165) is 35.5 Å². The highest BCUT2D eigenvalue weighted by atomic mass is 19.1. The first-order valence-corrected chi connectivity index (χ1v) is 6.80. The third-order valence-corrected chi connectivity index (χ3v) is 3.31. The van der Waals surface area contributed by atoms with Gasteiger partial charge in [0.25, 0.3) is 0 Å². The highest BCUT2D eigenvalue weighted by molar-refractivity contribution is 5.73. The molecule has 2 aromatic rings. The lowest BCUT2D eigenvalue weighted by Crippen LogP contribution is -2.05. The molecular formula is C16H20FN3. The Hall–Kier alpha value is -2.10. The number of rotatable bonds is 5. The molecule has 2 rings (SSSR count). The second kappa shape index (κ2) is 5.90. The quantitative estimate of drug-likeness (QED) is 0.844. The summed E-state index contributed by atoms with van der Waals surface area (Å²) in [5, 5.41) is 0. The van der Waals surface area contributed by atoms with Gasteiger partial charge in [0, 0.05) is 18.5 Å². The predicted molar refractivity (Wildman–Crippen MR) is 81.0 cm³/mol. The normalized spacial score (nSPS) is 10.8. The van der Waals surface area contributed by atoms with Gasteiger partial charge in [-0.2, -0.15) is 0 Å². The van der Waals surface area contributed by atoms with Gasteiger partial charge in [-0.3, -0.25) is 0 Å². The van der Waals surface area contributed by atoms with Gasteiger partial charge in [-0.15, -0.1) is 6.58 Å². The highest BCUT2D eigenvalue weighted by Gasteiger charge is 2.16. The number of aromatic nitrogens is 2. The van der Waals surface area contributed by atoms with Crippen molar-refractivity contribution < 1.29 is 4.39 Å². The molecule has 0 aliphatic carbocycles. The highest BCUT2D eigenvalue weighted by Crippen LogP contribution is 2.29. The number of anilines is 1. The number of hydrogen-bond donors (Lipinski definition) is 1. The van der Waals surface area contributed by atoms with E-state index in [1.807, 2.05) is 11.5 Å². The molecule has 2 N–H and O–H groups in total. The monoisotopic (exact) mass is 273 g/mol. The van der Waals surface area contributed by atoms with E-state index in [-0.39, 0.29) is 5.82 Å². The minimum absolute atomic E-state index is 0.246. The van der Waals surface area contributed by atoms with Crippen molar-refractivity contribution in [3.63, 3.8) is 0 Å². The summed E-state index contributed by atoms with van der Waals surface area (Å²) in [4.78, 5) is 4.65. The minimum Gasteiger partial charge on any atom is -0.383 e. The fourth-order valence-electron chi connectivity index (χ4n) is 2.35. The van der Waals surface area contributed by atoms with E-state index in [4.69, 9.17) is 5.73 Å². The minimum atomic E-state index is -0.246. The number of hydrogen-bond acceptors (Lipinski definition) is 2. The number of nitrogens with zero attached hydrogens (tertiary/aromatic N) is 2. The van der Waals surface area contributed by atoms with E-state index in [2.05, 4.69) is 18.5 Å². The average Bonchev–Trinajstić information content (AvgIpc) is 2.69. The third-order valence-electron chi connectivity index (χ3n) is 3.31. The van der Waals surface area contributed by atoms with Crippen LogP contribution < -0.4 is 5.73 Å². The van der Waals surface area contributed by atoms with Gasteiger partial charge in [0.1, 0.15) is 23.2 Å². The summed E-state index contributed by atoms with van der Waals surface area (Å²) in [5.74, 6) is 1.32. The maximum atomic E-state index is 13.2. The molecule has 0 saturated heterocycles. The van der Waals surface area contributed by atoms with Gasteiger partial charge in [-0.1, -0.05) is 13.0 Å². The van der Waals surface area contributed by atoms with Gasteiger partial charge in [-0.05, 0) is 37.1 Å². The molecule has 1 aromatic heterocycles. The molecule has 4 heteroatoms. The standard InChI is InChI=1S/C16H20FN3/c1-4-6-14-19-15(16(18)20(14)9-5-2)13-8-7-12(17)10-11(13)3/h5,7-8,10H,2,4,6,9,18H2,1,3H3. The van der Waals surface area contributed by atoms with Crippen LogP contribution >= 0.6 is 0 Å². The van der Waals surface area contributed by atoms with Crippen molar-refractivity contribution in [3.8, 4) is 11.3 Å². The number of halogens is 1. The van der Waals surface area contributed by atoms with Crippen LogP contribution in [0, 0.1) is 12.7 Å². The number of nitrogen functional groups attached to an aromatic ring is 1. The molecule has 0 bridgehead atoms. The lowest BCUT2D eigenvalue weighted by atomic mass is 10.1. The molecule has 0 aliphatic rings. The van der Waals surface area contributed by atoms with Crippen LogP contribution in [0.25, 0.3) is 11.3 Å². The molecule has 1 heterocycles. The molecule has 0 saturated carbocycles. The number of nitrogens with two attached hydrogens (primary N) is 1. The fourth-order valence-corrected chi connectivity index (χ4v) is 2.35. The summed E-state index contributed by atoms with van der Waals surface area (Å²) in [5.41, 5.74) is 8.66. The summed E-state index contributed by atoms with van der Waals surface area (Å²) in [7, 11) is 0. The molecule has 0 atom stereocenters. The van der Waals surface area contributed by atoms with Crippen LogP contribution in [0.3, 0.4) is 0 Å². The first kappa shape index (κ1) is 14.3. The Balaban J connectivity index is 2.56. The van der Waals surface area contributed by atoms with Crippen molar-refractivity contribution in [2.75, 3.05) is 5.73 Å². The second-order valence-corrected chi connectivity index (χ2v) is 4.87. The topological polar surface area (TPSA) is 43.8 Å². The molecule has 106 valence electrons. The molecule has 0 fully saturated rings. The van der Waals surface area contributed by atoms with Crippen molar-refractivity contribution in [2.24, 2.45) is 0 Å². The Morgan fingerprint density at radius 2 is 2.20 bits per heavy atom. The lowest BCUT2D eigenvalue weighted by Gasteiger charge is -2.07. The second-order valence-electron chi connectivity index (χ2n) is 4.87. The van der Waals surface area contributed by atoms with E-state index in [0.29, 0.717) is 12.4 Å². The Kier molecular flexibility index (Phi) is 4.23. The number of aryl methyl sites for hydroxylation is 2. The van der Waals surface area contributed by atoms with Crippen LogP contribution in [0.5, 0.6) is 0 Å². The first-order valence-electron chi connectivity index (χ1n) is 6.80.